The summed E-state index contributed by atoms with van der Waals surface area (Å²) in [6.45, 7) is 20.4. The van der Waals surface area contributed by atoms with E-state index in [1.165, 1.54) is 0 Å². The van der Waals surface area contributed by atoms with E-state index < -0.39 is 29.9 Å². The Hall–Kier alpha value is -5.11. The predicted octanol–water partition coefficient (Wildman–Crippen LogP) is 3.37. The van der Waals surface area contributed by atoms with Crippen LogP contribution < -0.4 is 44.6 Å². The Kier molecular flexibility index (Phi) is 16.1. The fraction of sp³-hybridized carbons (Fsp3) is 0.558. The van der Waals surface area contributed by atoms with Crippen LogP contribution in [0, 0.1) is 0 Å². The molecule has 1 heterocycles. The normalized spacial score (nSPS) is 13.6. The third kappa shape index (κ3) is 13.8. The monoisotopic (exact) mass is 788 g/mol. The van der Waals surface area contributed by atoms with E-state index in [4.69, 9.17) is 28.7 Å². The number of benzene rings is 2. The first-order chi connectivity index (χ1) is 26.5. The van der Waals surface area contributed by atoms with Gasteiger partial charge in [0, 0.05) is 48.1 Å². The molecule has 0 saturated heterocycles. The van der Waals surface area contributed by atoms with Crippen molar-refractivity contribution in [1.82, 2.24) is 20.9 Å². The molecule has 0 bridgehead atoms. The number of carbonyl (C=O) groups excluding carboxylic acids is 3. The van der Waals surface area contributed by atoms with Gasteiger partial charge in [-0.05, 0) is 65.2 Å². The summed E-state index contributed by atoms with van der Waals surface area (Å²) >= 11 is 0. The number of aromatic nitrogens is 1. The molecule has 1 aromatic heterocycles. The van der Waals surface area contributed by atoms with Crippen LogP contribution in [0.5, 0.6) is 0 Å². The average molecular weight is 788 g/mol. The van der Waals surface area contributed by atoms with Crippen molar-refractivity contribution in [3.63, 3.8) is 0 Å². The number of hydrogen-bond acceptors (Lipinski definition) is 6. The molecular formula is C43H69N11O3. The summed E-state index contributed by atoms with van der Waals surface area (Å²) in [7, 11) is 0. The van der Waals surface area contributed by atoms with Crippen molar-refractivity contribution in [1.29, 1.82) is 0 Å². The van der Waals surface area contributed by atoms with Crippen LogP contribution in [-0.4, -0.2) is 72.4 Å². The van der Waals surface area contributed by atoms with Crippen LogP contribution in [0.3, 0.4) is 0 Å². The van der Waals surface area contributed by atoms with Gasteiger partial charge in [-0.1, -0.05) is 105 Å². The van der Waals surface area contributed by atoms with E-state index in [0.717, 1.165) is 38.9 Å². The Balaban J connectivity index is 2.11. The van der Waals surface area contributed by atoms with E-state index in [-0.39, 0.29) is 59.9 Å². The molecule has 0 aliphatic carbocycles. The molecule has 0 saturated carbocycles. The van der Waals surface area contributed by atoms with E-state index >= 15 is 0 Å². The minimum Gasteiger partial charge on any atom is -0.370 e. The molecule has 3 rings (SSSR count). The zero-order valence-corrected chi connectivity index (χ0v) is 35.6. The Morgan fingerprint density at radius 2 is 1.23 bits per heavy atom. The number of aromatic amines is 1. The lowest BCUT2D eigenvalue weighted by molar-refractivity contribution is -0.132. The minimum absolute atomic E-state index is 0.0423. The number of fused-ring (bicyclic) bond motifs is 1. The molecule has 314 valence electrons. The van der Waals surface area contributed by atoms with E-state index in [1.807, 2.05) is 30.3 Å². The molecule has 0 radical (unpaired) electrons. The fourth-order valence-corrected chi connectivity index (χ4v) is 6.95. The van der Waals surface area contributed by atoms with Crippen molar-refractivity contribution >= 4 is 40.5 Å². The van der Waals surface area contributed by atoms with Crippen molar-refractivity contribution in [2.45, 2.75) is 135 Å². The second-order valence-electron chi connectivity index (χ2n) is 18.0. The quantitative estimate of drug-likeness (QED) is 0.0523. The molecule has 14 nitrogen and oxygen atoms in total. The summed E-state index contributed by atoms with van der Waals surface area (Å²) in [5.41, 5.74) is 33.9. The lowest BCUT2D eigenvalue weighted by Crippen LogP contribution is -2.56. The number of nitrogens with zero attached hydrogens (tertiary/aromatic N) is 2. The largest absolute Gasteiger partial charge is 0.370 e. The summed E-state index contributed by atoms with van der Waals surface area (Å²) < 4.78 is 0. The Morgan fingerprint density at radius 3 is 1.77 bits per heavy atom. The van der Waals surface area contributed by atoms with E-state index in [9.17, 15) is 14.4 Å². The van der Waals surface area contributed by atoms with E-state index in [1.54, 1.807) is 0 Å². The number of amides is 3. The molecule has 0 unspecified atom stereocenters. The van der Waals surface area contributed by atoms with Gasteiger partial charge in [0.05, 0.1) is 6.04 Å². The summed E-state index contributed by atoms with van der Waals surface area (Å²) in [5, 5.41) is 9.98. The van der Waals surface area contributed by atoms with Gasteiger partial charge in [-0.2, -0.15) is 0 Å². The van der Waals surface area contributed by atoms with Gasteiger partial charge in [-0.15, -0.1) is 0 Å². The van der Waals surface area contributed by atoms with Crippen molar-refractivity contribution in [3.8, 4) is 0 Å². The van der Waals surface area contributed by atoms with Gasteiger partial charge in [-0.25, -0.2) is 0 Å². The third-order valence-corrected chi connectivity index (χ3v) is 9.90. The van der Waals surface area contributed by atoms with Gasteiger partial charge in [-0.3, -0.25) is 24.4 Å². The minimum atomic E-state index is -1.09. The molecular weight excluding hydrogens is 719 g/mol. The standard InChI is InChI=1S/C43H69N11O3/c1-41(2,3)28-19-20-29(42(4,5)6)34-33(28)27(35(54-34)43(7,8)9)25-32(53-36(55)30(44)17-13-22-50-39(45)46)38(57)52-31(18-14-23-51-40(47)48)37(56)49-24-21-26-15-11-10-12-16-26/h10-12,15-16,19-20,30-32,54H,13-14,17-18,21-25,44H2,1-9H3,(H,49,56)(H,52,57)(H,53,55)(H4,45,46,50)(H4,47,48,51)/t30-,31-,32-/m0/s1. The number of nitrogens with one attached hydrogen (secondary N) is 4. The van der Waals surface area contributed by atoms with Crippen LogP contribution in [0.2, 0.25) is 0 Å². The summed E-state index contributed by atoms with van der Waals surface area (Å²) in [4.78, 5) is 54.1. The van der Waals surface area contributed by atoms with Gasteiger partial charge < -0.3 is 49.6 Å². The molecule has 57 heavy (non-hydrogen) atoms. The second-order valence-corrected chi connectivity index (χ2v) is 18.0. The van der Waals surface area contributed by atoms with E-state index in [0.29, 0.717) is 32.4 Å². The highest BCUT2D eigenvalue weighted by molar-refractivity contribution is 5.96. The maximum absolute atomic E-state index is 14.6. The smallest absolute Gasteiger partial charge is 0.243 e. The molecule has 3 aromatic rings. The highest BCUT2D eigenvalue weighted by atomic mass is 16.2. The maximum atomic E-state index is 14.6. The number of hydrogen-bond donors (Lipinski definition) is 9. The van der Waals surface area contributed by atoms with Crippen LogP contribution in [0.1, 0.15) is 116 Å². The number of rotatable bonds is 18. The third-order valence-electron chi connectivity index (χ3n) is 9.90. The number of H-pyrrole nitrogens is 1. The van der Waals surface area contributed by atoms with Crippen molar-refractivity contribution < 1.29 is 14.4 Å². The van der Waals surface area contributed by atoms with E-state index in [2.05, 4.69) is 105 Å². The average Bonchev–Trinajstić information content (AvgIpc) is 3.49. The lowest BCUT2D eigenvalue weighted by Gasteiger charge is -2.28. The van der Waals surface area contributed by atoms with Gasteiger partial charge >= 0.3 is 0 Å². The zero-order chi connectivity index (χ0) is 42.7. The van der Waals surface area contributed by atoms with Crippen LogP contribution in [0.15, 0.2) is 52.4 Å². The SMILES string of the molecule is CC(C)(C)c1[nH]c2c(C(C)(C)C)ccc(C(C)(C)C)c2c1C[C@H](NC(=O)[C@@H](N)CCCN=C(N)N)C(=O)N[C@@H](CCCN=C(N)N)C(=O)NCCc1ccccc1. The molecule has 0 aliphatic rings. The number of aliphatic imine (C=N–C) groups is 2. The Morgan fingerprint density at radius 1 is 0.684 bits per heavy atom. The van der Waals surface area contributed by atoms with Gasteiger partial charge in [0.1, 0.15) is 12.1 Å². The Labute approximate surface area is 339 Å². The number of carbonyl (C=O) groups is 3. The molecule has 14 N–H and O–H groups in total. The molecule has 14 heteroatoms. The molecule has 2 aromatic carbocycles. The molecule has 0 aliphatic heterocycles. The van der Waals surface area contributed by atoms with Gasteiger partial charge in [0.2, 0.25) is 17.7 Å². The predicted molar refractivity (Wildman–Crippen MR) is 233 cm³/mol. The molecule has 3 atom stereocenters. The van der Waals surface area contributed by atoms with Gasteiger partial charge in [0.15, 0.2) is 11.9 Å². The van der Waals surface area contributed by atoms with Crippen molar-refractivity contribution in [3.05, 3.63) is 70.4 Å². The van der Waals surface area contributed by atoms with Crippen LogP contribution in [-0.2, 0) is 43.5 Å². The summed E-state index contributed by atoms with van der Waals surface area (Å²) in [6.07, 6.45) is 2.19. The molecule has 3 amide bonds. The lowest BCUT2D eigenvalue weighted by atomic mass is 9.78. The first kappa shape index (κ1) is 46.3. The first-order valence-corrected chi connectivity index (χ1v) is 20.0. The van der Waals surface area contributed by atoms with Crippen molar-refractivity contribution in [2.24, 2.45) is 38.7 Å². The van der Waals surface area contributed by atoms with Gasteiger partial charge in [0.25, 0.3) is 0 Å². The first-order valence-electron chi connectivity index (χ1n) is 20.0. The molecule has 0 fully saturated rings. The zero-order valence-electron chi connectivity index (χ0n) is 35.6. The second kappa shape index (κ2) is 19.8. The topological polar surface area (TPSA) is 258 Å². The summed E-state index contributed by atoms with van der Waals surface area (Å²) in [6, 6.07) is 11.2. The number of guanidine groups is 2. The number of nitrogens with two attached hydrogens (primary N) is 5. The molecule has 0 spiro atoms. The highest BCUT2D eigenvalue weighted by Gasteiger charge is 2.35. The van der Waals surface area contributed by atoms with Crippen molar-refractivity contribution in [2.75, 3.05) is 19.6 Å². The van der Waals surface area contributed by atoms with Crippen LogP contribution in [0.4, 0.5) is 0 Å². The Bertz CT molecular complexity index is 1870. The van der Waals surface area contributed by atoms with Crippen LogP contribution in [0.25, 0.3) is 10.9 Å². The highest BCUT2D eigenvalue weighted by Crippen LogP contribution is 2.42. The summed E-state index contributed by atoms with van der Waals surface area (Å²) in [5.74, 6) is -1.46. The van der Waals surface area contributed by atoms with Crippen LogP contribution >= 0.6 is 0 Å². The maximum Gasteiger partial charge on any atom is 0.243 e. The fourth-order valence-electron chi connectivity index (χ4n) is 6.95.